The molecule has 0 radical (unpaired) electrons. The van der Waals surface area contributed by atoms with E-state index in [1.807, 2.05) is 6.92 Å². The van der Waals surface area contributed by atoms with Crippen LogP contribution in [0.4, 0.5) is 5.69 Å². The summed E-state index contributed by atoms with van der Waals surface area (Å²) in [6.45, 7) is 1.30. The van der Waals surface area contributed by atoms with E-state index in [0.717, 1.165) is 30.0 Å². The third-order valence-electron chi connectivity index (χ3n) is 7.13. The van der Waals surface area contributed by atoms with Gasteiger partial charge in [-0.1, -0.05) is 84.9 Å². The molecule has 2 amide bonds. The van der Waals surface area contributed by atoms with Crippen LogP contribution in [0, 0.1) is 0 Å². The molecule has 0 saturated heterocycles. The lowest BCUT2D eigenvalue weighted by atomic mass is 10.1. The zero-order valence-electron chi connectivity index (χ0n) is 22.6. The fourth-order valence-electron chi connectivity index (χ4n) is 5.00. The third kappa shape index (κ3) is 7.74. The molecule has 1 fully saturated rings. The standard InChI is InChI=1S/C30H32Cl3N3O4S/c1-2-28(30(38)34-23-10-6-7-11-23)35(19-21-15-16-26(32)27(33)17-21)29(37)20-36(24-12-8-9-22(31)18-24)41(39,40)25-13-4-3-5-14-25/h3-5,8-9,12-18,23,28H,2,6-7,10-11,19-20H2,1H3,(H,34,38)/t28-/m1/s1. The molecular formula is C30H32Cl3N3O4S. The first-order chi connectivity index (χ1) is 19.6. The van der Waals surface area contributed by atoms with Crippen molar-refractivity contribution in [2.75, 3.05) is 10.8 Å². The maximum absolute atomic E-state index is 14.1. The first kappa shape index (κ1) is 31.2. The Morgan fingerprint density at radius 1 is 0.927 bits per heavy atom. The highest BCUT2D eigenvalue weighted by molar-refractivity contribution is 7.92. The van der Waals surface area contributed by atoms with Gasteiger partial charge < -0.3 is 10.2 Å². The average Bonchev–Trinajstić information content (AvgIpc) is 3.46. The Hall–Kier alpha value is -2.78. The second-order valence-corrected chi connectivity index (χ2v) is 13.1. The lowest BCUT2D eigenvalue weighted by molar-refractivity contribution is -0.140. The van der Waals surface area contributed by atoms with E-state index in [0.29, 0.717) is 27.1 Å². The van der Waals surface area contributed by atoms with Gasteiger partial charge in [-0.15, -0.1) is 0 Å². The highest BCUT2D eigenvalue weighted by Crippen LogP contribution is 2.28. The largest absolute Gasteiger partial charge is 0.352 e. The lowest BCUT2D eigenvalue weighted by Crippen LogP contribution is -2.53. The first-order valence-corrected chi connectivity index (χ1v) is 16.0. The van der Waals surface area contributed by atoms with Crippen molar-refractivity contribution < 1.29 is 18.0 Å². The van der Waals surface area contributed by atoms with Gasteiger partial charge in [-0.2, -0.15) is 0 Å². The maximum atomic E-state index is 14.1. The number of hydrogen-bond acceptors (Lipinski definition) is 4. The zero-order chi connectivity index (χ0) is 29.6. The van der Waals surface area contributed by atoms with Crippen molar-refractivity contribution >= 4 is 62.3 Å². The summed E-state index contributed by atoms with van der Waals surface area (Å²) < 4.78 is 28.7. The van der Waals surface area contributed by atoms with Crippen LogP contribution in [0.2, 0.25) is 15.1 Å². The van der Waals surface area contributed by atoms with E-state index in [-0.39, 0.29) is 29.1 Å². The SMILES string of the molecule is CC[C@H](C(=O)NC1CCCC1)N(Cc1ccc(Cl)c(Cl)c1)C(=O)CN(c1cccc(Cl)c1)S(=O)(=O)c1ccccc1. The van der Waals surface area contributed by atoms with Gasteiger partial charge in [0.1, 0.15) is 12.6 Å². The monoisotopic (exact) mass is 635 g/mol. The Kier molecular flexibility index (Phi) is 10.6. The molecule has 1 atom stereocenters. The number of rotatable bonds is 11. The summed E-state index contributed by atoms with van der Waals surface area (Å²) in [6.07, 6.45) is 4.19. The van der Waals surface area contributed by atoms with Crippen molar-refractivity contribution in [1.29, 1.82) is 0 Å². The summed E-state index contributed by atoms with van der Waals surface area (Å²) in [4.78, 5) is 29.1. The van der Waals surface area contributed by atoms with Gasteiger partial charge in [0.25, 0.3) is 10.0 Å². The number of anilines is 1. The summed E-state index contributed by atoms with van der Waals surface area (Å²) in [5.74, 6) is -0.822. The lowest BCUT2D eigenvalue weighted by Gasteiger charge is -2.34. The molecule has 3 aromatic carbocycles. The number of amides is 2. The summed E-state index contributed by atoms with van der Waals surface area (Å²) >= 11 is 18.6. The van der Waals surface area contributed by atoms with Crippen LogP contribution in [0.3, 0.4) is 0 Å². The predicted molar refractivity (Wildman–Crippen MR) is 164 cm³/mol. The number of sulfonamides is 1. The Labute approximate surface area is 256 Å². The van der Waals surface area contributed by atoms with Gasteiger partial charge in [0, 0.05) is 17.6 Å². The van der Waals surface area contributed by atoms with Crippen LogP contribution in [0.25, 0.3) is 0 Å². The fraction of sp³-hybridized carbons (Fsp3) is 0.333. The first-order valence-electron chi connectivity index (χ1n) is 13.5. The van der Waals surface area contributed by atoms with Gasteiger partial charge >= 0.3 is 0 Å². The van der Waals surface area contributed by atoms with Gasteiger partial charge in [0.15, 0.2) is 0 Å². The van der Waals surface area contributed by atoms with E-state index in [1.54, 1.807) is 54.6 Å². The molecular weight excluding hydrogens is 605 g/mol. The number of carbonyl (C=O) groups is 2. The van der Waals surface area contributed by atoms with Crippen molar-refractivity contribution in [2.45, 2.75) is 62.6 Å². The van der Waals surface area contributed by atoms with Crippen molar-refractivity contribution in [1.82, 2.24) is 10.2 Å². The summed E-state index contributed by atoms with van der Waals surface area (Å²) in [5.41, 5.74) is 0.882. The molecule has 0 heterocycles. The van der Waals surface area contributed by atoms with Gasteiger partial charge in [-0.25, -0.2) is 8.42 Å². The van der Waals surface area contributed by atoms with Crippen LogP contribution >= 0.6 is 34.8 Å². The van der Waals surface area contributed by atoms with Crippen LogP contribution in [0.5, 0.6) is 0 Å². The Morgan fingerprint density at radius 2 is 1.63 bits per heavy atom. The Morgan fingerprint density at radius 3 is 2.27 bits per heavy atom. The molecule has 4 rings (SSSR count). The van der Waals surface area contributed by atoms with E-state index in [1.165, 1.54) is 23.1 Å². The predicted octanol–water partition coefficient (Wildman–Crippen LogP) is 6.71. The molecule has 0 aromatic heterocycles. The molecule has 3 aromatic rings. The fourth-order valence-corrected chi connectivity index (χ4v) is 6.93. The van der Waals surface area contributed by atoms with Crippen molar-refractivity contribution in [2.24, 2.45) is 0 Å². The molecule has 7 nitrogen and oxygen atoms in total. The second kappa shape index (κ2) is 13.9. The molecule has 1 N–H and O–H groups in total. The number of carbonyl (C=O) groups excluding carboxylic acids is 2. The maximum Gasteiger partial charge on any atom is 0.264 e. The van der Waals surface area contributed by atoms with E-state index in [9.17, 15) is 18.0 Å². The minimum absolute atomic E-state index is 0.0230. The number of nitrogens with zero attached hydrogens (tertiary/aromatic N) is 2. The third-order valence-corrected chi connectivity index (χ3v) is 9.89. The summed E-state index contributed by atoms with van der Waals surface area (Å²) in [6, 6.07) is 18.4. The van der Waals surface area contributed by atoms with Gasteiger partial charge in [-0.3, -0.25) is 13.9 Å². The molecule has 0 aliphatic heterocycles. The van der Waals surface area contributed by atoms with Crippen LogP contribution in [-0.4, -0.2) is 43.8 Å². The van der Waals surface area contributed by atoms with E-state index >= 15 is 0 Å². The highest BCUT2D eigenvalue weighted by Gasteiger charge is 2.34. The number of halogens is 3. The van der Waals surface area contributed by atoms with Crippen LogP contribution in [0.1, 0.15) is 44.6 Å². The smallest absolute Gasteiger partial charge is 0.264 e. The van der Waals surface area contributed by atoms with E-state index < -0.39 is 28.5 Å². The van der Waals surface area contributed by atoms with E-state index in [4.69, 9.17) is 34.8 Å². The molecule has 1 aliphatic carbocycles. The molecule has 0 spiro atoms. The van der Waals surface area contributed by atoms with Crippen molar-refractivity contribution in [3.05, 3.63) is 93.4 Å². The minimum Gasteiger partial charge on any atom is -0.352 e. The quantitative estimate of drug-likeness (QED) is 0.254. The Bertz CT molecular complexity index is 1480. The molecule has 1 saturated carbocycles. The van der Waals surface area contributed by atoms with Crippen LogP contribution in [-0.2, 0) is 26.2 Å². The molecule has 11 heteroatoms. The topological polar surface area (TPSA) is 86.8 Å². The molecule has 0 bridgehead atoms. The number of nitrogens with one attached hydrogen (secondary N) is 1. The van der Waals surface area contributed by atoms with Gasteiger partial charge in [0.2, 0.25) is 11.8 Å². The zero-order valence-corrected chi connectivity index (χ0v) is 25.7. The number of hydrogen-bond donors (Lipinski definition) is 1. The van der Waals surface area contributed by atoms with Gasteiger partial charge in [-0.05, 0) is 67.3 Å². The van der Waals surface area contributed by atoms with Crippen molar-refractivity contribution in [3.8, 4) is 0 Å². The summed E-state index contributed by atoms with van der Waals surface area (Å²) in [5, 5.41) is 4.08. The second-order valence-electron chi connectivity index (χ2n) is 9.99. The van der Waals surface area contributed by atoms with E-state index in [2.05, 4.69) is 5.32 Å². The average molecular weight is 637 g/mol. The molecule has 218 valence electrons. The summed E-state index contributed by atoms with van der Waals surface area (Å²) in [7, 11) is -4.17. The normalized spacial score (nSPS) is 14.4. The highest BCUT2D eigenvalue weighted by atomic mass is 35.5. The van der Waals surface area contributed by atoms with Crippen LogP contribution < -0.4 is 9.62 Å². The Balaban J connectivity index is 1.72. The molecule has 0 unspecified atom stereocenters. The number of benzene rings is 3. The van der Waals surface area contributed by atoms with Gasteiger partial charge in [0.05, 0.1) is 20.6 Å². The molecule has 1 aliphatic rings. The van der Waals surface area contributed by atoms with Crippen LogP contribution in [0.15, 0.2) is 77.7 Å². The van der Waals surface area contributed by atoms with Crippen molar-refractivity contribution in [3.63, 3.8) is 0 Å². The minimum atomic E-state index is -4.17. The molecule has 41 heavy (non-hydrogen) atoms.